The van der Waals surface area contributed by atoms with Gasteiger partial charge in [-0.2, -0.15) is 8.78 Å². The van der Waals surface area contributed by atoms with E-state index < -0.39 is 18.2 Å². The molecule has 2 rings (SSSR count). The van der Waals surface area contributed by atoms with Gasteiger partial charge in [0.1, 0.15) is 0 Å². The van der Waals surface area contributed by atoms with Crippen molar-refractivity contribution in [3.8, 4) is 5.75 Å². The molecule has 0 aromatic heterocycles. The van der Waals surface area contributed by atoms with Gasteiger partial charge in [-0.1, -0.05) is 30.3 Å². The Morgan fingerprint density at radius 2 is 1.73 bits per heavy atom. The molecule has 0 aliphatic rings. The molecule has 0 bridgehead atoms. The first-order valence-corrected chi connectivity index (χ1v) is 4.30. The van der Waals surface area contributed by atoms with Gasteiger partial charge in [0, 0.05) is 5.39 Å². The van der Waals surface area contributed by atoms with Gasteiger partial charge in [-0.25, -0.2) is 4.39 Å². The number of alkyl halides is 2. The fourth-order valence-corrected chi connectivity index (χ4v) is 1.43. The van der Waals surface area contributed by atoms with Crippen molar-refractivity contribution in [3.63, 3.8) is 0 Å². The van der Waals surface area contributed by atoms with Crippen LogP contribution in [0.3, 0.4) is 0 Å². The molecule has 1 nitrogen and oxygen atoms in total. The summed E-state index contributed by atoms with van der Waals surface area (Å²) in [5, 5.41) is 1.01. The Bertz CT molecular complexity index is 482. The molecule has 0 saturated carbocycles. The van der Waals surface area contributed by atoms with Crippen LogP contribution in [0.1, 0.15) is 0 Å². The number of benzene rings is 2. The summed E-state index contributed by atoms with van der Waals surface area (Å²) >= 11 is 0. The first-order chi connectivity index (χ1) is 7.18. The highest BCUT2D eigenvalue weighted by Gasteiger charge is 2.12. The summed E-state index contributed by atoms with van der Waals surface area (Å²) in [5.41, 5.74) is 0. The van der Waals surface area contributed by atoms with Crippen molar-refractivity contribution >= 4 is 10.8 Å². The fraction of sp³-hybridized carbons (Fsp3) is 0.0909. The maximum Gasteiger partial charge on any atom is 0.387 e. The molecule has 4 heteroatoms. The van der Waals surface area contributed by atoms with Crippen molar-refractivity contribution in [2.75, 3.05) is 0 Å². The minimum absolute atomic E-state index is 0.345. The molecule has 15 heavy (non-hydrogen) atoms. The maximum absolute atomic E-state index is 13.2. The van der Waals surface area contributed by atoms with Gasteiger partial charge in [0.15, 0.2) is 11.6 Å². The third-order valence-corrected chi connectivity index (χ3v) is 2.04. The van der Waals surface area contributed by atoms with E-state index in [2.05, 4.69) is 4.74 Å². The number of rotatable bonds is 2. The summed E-state index contributed by atoms with van der Waals surface area (Å²) in [7, 11) is 0. The van der Waals surface area contributed by atoms with E-state index in [1.165, 1.54) is 12.1 Å². The van der Waals surface area contributed by atoms with Crippen LogP contribution in [0.5, 0.6) is 5.75 Å². The molecular weight excluding hydrogens is 205 g/mol. The number of ether oxygens (including phenoxy) is 1. The quantitative estimate of drug-likeness (QED) is 0.739. The molecule has 2 aromatic rings. The molecule has 0 heterocycles. The van der Waals surface area contributed by atoms with Crippen LogP contribution in [0.25, 0.3) is 10.8 Å². The van der Waals surface area contributed by atoms with Gasteiger partial charge in [0.2, 0.25) is 0 Å². The van der Waals surface area contributed by atoms with E-state index in [1.807, 2.05) is 0 Å². The summed E-state index contributed by atoms with van der Waals surface area (Å²) in [6.07, 6.45) is 0. The van der Waals surface area contributed by atoms with Gasteiger partial charge >= 0.3 is 6.61 Å². The predicted molar refractivity (Wildman–Crippen MR) is 50.5 cm³/mol. The molecule has 0 spiro atoms. The number of hydrogen-bond donors (Lipinski definition) is 0. The summed E-state index contributed by atoms with van der Waals surface area (Å²) in [6.45, 7) is -3.02. The second-order valence-corrected chi connectivity index (χ2v) is 2.98. The standard InChI is InChI=1S/C11H7F3O/c12-9-6-5-7-3-1-2-4-8(7)10(9)15-11(13)14/h1-6,11H. The van der Waals surface area contributed by atoms with Crippen LogP contribution in [0.15, 0.2) is 36.4 Å². The highest BCUT2D eigenvalue weighted by Crippen LogP contribution is 2.29. The number of halogens is 3. The van der Waals surface area contributed by atoms with E-state index >= 15 is 0 Å². The second-order valence-electron chi connectivity index (χ2n) is 2.98. The molecule has 0 N–H and O–H groups in total. The Morgan fingerprint density at radius 3 is 2.47 bits per heavy atom. The minimum Gasteiger partial charge on any atom is -0.431 e. The molecule has 0 radical (unpaired) electrons. The van der Waals surface area contributed by atoms with Crippen LogP contribution in [0, 0.1) is 5.82 Å². The Hall–Kier alpha value is -1.71. The smallest absolute Gasteiger partial charge is 0.387 e. The molecule has 78 valence electrons. The summed E-state index contributed by atoms with van der Waals surface area (Å²) < 4.78 is 41.5. The predicted octanol–water partition coefficient (Wildman–Crippen LogP) is 3.58. The Balaban J connectivity index is 2.63. The van der Waals surface area contributed by atoms with Crippen LogP contribution < -0.4 is 4.74 Å². The molecule has 2 aromatic carbocycles. The molecule has 0 fully saturated rings. The zero-order valence-corrected chi connectivity index (χ0v) is 7.58. The normalized spacial score (nSPS) is 10.9. The van der Waals surface area contributed by atoms with Crippen molar-refractivity contribution < 1.29 is 17.9 Å². The van der Waals surface area contributed by atoms with Crippen LogP contribution in [-0.2, 0) is 0 Å². The molecule has 0 atom stereocenters. The van der Waals surface area contributed by atoms with Gasteiger partial charge in [-0.3, -0.25) is 0 Å². The number of hydrogen-bond acceptors (Lipinski definition) is 1. The molecule has 0 aliphatic carbocycles. The zero-order valence-electron chi connectivity index (χ0n) is 7.58. The third kappa shape index (κ3) is 1.88. The molecule has 0 saturated heterocycles. The maximum atomic E-state index is 13.2. The van der Waals surface area contributed by atoms with Crippen molar-refractivity contribution in [1.82, 2.24) is 0 Å². The first kappa shape index (κ1) is 9.83. The van der Waals surface area contributed by atoms with Gasteiger partial charge < -0.3 is 4.74 Å². The average molecular weight is 212 g/mol. The van der Waals surface area contributed by atoms with Crippen LogP contribution in [0.2, 0.25) is 0 Å². The van der Waals surface area contributed by atoms with Crippen LogP contribution in [-0.4, -0.2) is 6.61 Å². The van der Waals surface area contributed by atoms with E-state index in [0.717, 1.165) is 6.07 Å². The Labute approximate surface area is 84.1 Å². The van der Waals surface area contributed by atoms with Crippen molar-refractivity contribution in [1.29, 1.82) is 0 Å². The summed E-state index contributed by atoms with van der Waals surface area (Å²) in [6, 6.07) is 9.25. The fourth-order valence-electron chi connectivity index (χ4n) is 1.43. The second kappa shape index (κ2) is 3.81. The highest BCUT2D eigenvalue weighted by molar-refractivity contribution is 5.88. The van der Waals surface area contributed by atoms with Gasteiger partial charge in [-0.15, -0.1) is 0 Å². The summed E-state index contributed by atoms with van der Waals surface area (Å²) in [4.78, 5) is 0. The van der Waals surface area contributed by atoms with Gasteiger partial charge in [0.05, 0.1) is 0 Å². The lowest BCUT2D eigenvalue weighted by molar-refractivity contribution is -0.0510. The lowest BCUT2D eigenvalue weighted by Crippen LogP contribution is -2.04. The van der Waals surface area contributed by atoms with E-state index in [4.69, 9.17) is 0 Å². The lowest BCUT2D eigenvalue weighted by Gasteiger charge is -2.08. The lowest BCUT2D eigenvalue weighted by atomic mass is 10.1. The SMILES string of the molecule is Fc1ccc2ccccc2c1OC(F)F. The first-order valence-electron chi connectivity index (χ1n) is 4.30. The highest BCUT2D eigenvalue weighted by atomic mass is 19.3. The van der Waals surface area contributed by atoms with Crippen molar-refractivity contribution in [3.05, 3.63) is 42.2 Å². The van der Waals surface area contributed by atoms with Gasteiger partial charge in [-0.05, 0) is 11.5 Å². The average Bonchev–Trinajstić information content (AvgIpc) is 2.22. The Kier molecular flexibility index (Phi) is 2.49. The van der Waals surface area contributed by atoms with E-state index in [1.54, 1.807) is 18.2 Å². The van der Waals surface area contributed by atoms with Crippen LogP contribution >= 0.6 is 0 Å². The monoisotopic (exact) mass is 212 g/mol. The molecule has 0 aliphatic heterocycles. The summed E-state index contributed by atoms with van der Waals surface area (Å²) in [5.74, 6) is -1.18. The van der Waals surface area contributed by atoms with E-state index in [9.17, 15) is 13.2 Å². The largest absolute Gasteiger partial charge is 0.431 e. The topological polar surface area (TPSA) is 9.23 Å². The van der Waals surface area contributed by atoms with Crippen molar-refractivity contribution in [2.45, 2.75) is 6.61 Å². The number of fused-ring (bicyclic) bond motifs is 1. The van der Waals surface area contributed by atoms with E-state index in [-0.39, 0.29) is 0 Å². The van der Waals surface area contributed by atoms with Gasteiger partial charge in [0.25, 0.3) is 0 Å². The molecule has 0 amide bonds. The van der Waals surface area contributed by atoms with Crippen molar-refractivity contribution in [2.24, 2.45) is 0 Å². The van der Waals surface area contributed by atoms with E-state index in [0.29, 0.717) is 10.8 Å². The molecular formula is C11H7F3O. The minimum atomic E-state index is -3.02. The molecule has 0 unspecified atom stereocenters. The van der Waals surface area contributed by atoms with Crippen LogP contribution in [0.4, 0.5) is 13.2 Å². The Morgan fingerprint density at radius 1 is 1.00 bits per heavy atom. The zero-order chi connectivity index (χ0) is 10.8. The third-order valence-electron chi connectivity index (χ3n) is 2.04.